The molecule has 0 amide bonds. The minimum atomic E-state index is -0.131. The number of nitrogen functional groups attached to an aromatic ring is 1. The fourth-order valence-electron chi connectivity index (χ4n) is 2.56. The highest BCUT2D eigenvalue weighted by Gasteiger charge is 2.31. The summed E-state index contributed by atoms with van der Waals surface area (Å²) in [7, 11) is 0. The maximum Gasteiger partial charge on any atom is 0.314 e. The lowest BCUT2D eigenvalue weighted by Gasteiger charge is -2.29. The lowest BCUT2D eigenvalue weighted by molar-refractivity contribution is -0.135. The molecule has 0 spiro atoms. The average Bonchev–Trinajstić information content (AvgIpc) is 3.21. The molecule has 0 atom stereocenters. The molecule has 0 aliphatic heterocycles. The normalized spacial score (nSPS) is 14.5. The zero-order valence-electron chi connectivity index (χ0n) is 14.1. The van der Waals surface area contributed by atoms with E-state index in [1.807, 2.05) is 12.1 Å². The van der Waals surface area contributed by atoms with E-state index < -0.39 is 0 Å². The molecule has 1 aromatic rings. The molecule has 0 unspecified atom stereocenters. The highest BCUT2D eigenvalue weighted by Crippen LogP contribution is 2.33. The van der Waals surface area contributed by atoms with Crippen molar-refractivity contribution in [1.82, 2.24) is 0 Å². The van der Waals surface area contributed by atoms with E-state index in [2.05, 4.69) is 32.6 Å². The number of ether oxygens (including phenoxy) is 1. The van der Waals surface area contributed by atoms with Crippen LogP contribution in [0.1, 0.15) is 40.5 Å². The van der Waals surface area contributed by atoms with Crippen LogP contribution in [0.3, 0.4) is 0 Å². The number of hydrogen-bond acceptors (Lipinski definition) is 4. The number of anilines is 2. The van der Waals surface area contributed by atoms with Crippen LogP contribution < -0.4 is 15.4 Å². The number of nitrogens with two attached hydrogens (primary N) is 1. The molecule has 2 N–H and O–H groups in total. The molecule has 22 heavy (non-hydrogen) atoms. The summed E-state index contributed by atoms with van der Waals surface area (Å²) in [5.41, 5.74) is 7.90. The van der Waals surface area contributed by atoms with Gasteiger partial charge in [0.15, 0.2) is 0 Å². The predicted octanol–water partition coefficient (Wildman–Crippen LogP) is 3.70. The SMILES string of the molecule is CC(C)CN(CC(C)C)c1ccc(OC(=O)C2CC2)cc1N. The molecule has 1 fully saturated rings. The molecule has 0 aromatic heterocycles. The minimum absolute atomic E-state index is 0.0966. The number of esters is 1. The molecule has 1 saturated carbocycles. The van der Waals surface area contributed by atoms with Crippen LogP contribution >= 0.6 is 0 Å². The summed E-state index contributed by atoms with van der Waals surface area (Å²) in [5.74, 6) is 1.64. The summed E-state index contributed by atoms with van der Waals surface area (Å²) in [6, 6.07) is 5.58. The molecule has 0 heterocycles. The van der Waals surface area contributed by atoms with Crippen molar-refractivity contribution in [2.45, 2.75) is 40.5 Å². The van der Waals surface area contributed by atoms with Crippen LogP contribution in [0.15, 0.2) is 18.2 Å². The second-order valence-electron chi connectivity index (χ2n) is 7.11. The Labute approximate surface area is 133 Å². The van der Waals surface area contributed by atoms with E-state index in [1.54, 1.807) is 6.07 Å². The predicted molar refractivity (Wildman–Crippen MR) is 91.1 cm³/mol. The van der Waals surface area contributed by atoms with E-state index in [-0.39, 0.29) is 11.9 Å². The first-order chi connectivity index (χ1) is 10.4. The van der Waals surface area contributed by atoms with Gasteiger partial charge in [-0.25, -0.2) is 0 Å². The molecule has 1 aromatic carbocycles. The molecule has 4 heteroatoms. The van der Waals surface area contributed by atoms with Gasteiger partial charge >= 0.3 is 5.97 Å². The van der Waals surface area contributed by atoms with E-state index >= 15 is 0 Å². The topological polar surface area (TPSA) is 55.6 Å². The summed E-state index contributed by atoms with van der Waals surface area (Å²) in [4.78, 5) is 14.0. The molecule has 0 saturated heterocycles. The van der Waals surface area contributed by atoms with Crippen LogP contribution in [0.5, 0.6) is 5.75 Å². The Morgan fingerprint density at radius 3 is 2.27 bits per heavy atom. The number of benzene rings is 1. The van der Waals surface area contributed by atoms with Crippen molar-refractivity contribution in [2.24, 2.45) is 17.8 Å². The highest BCUT2D eigenvalue weighted by molar-refractivity contribution is 5.78. The lowest BCUT2D eigenvalue weighted by Crippen LogP contribution is -2.31. The molecule has 1 aliphatic carbocycles. The first kappa shape index (κ1) is 16.7. The number of carbonyl (C=O) groups excluding carboxylic acids is 1. The van der Waals surface area contributed by atoms with E-state index in [1.165, 1.54) is 0 Å². The summed E-state index contributed by atoms with van der Waals surface area (Å²) in [5, 5.41) is 0. The Morgan fingerprint density at radius 1 is 1.23 bits per heavy atom. The van der Waals surface area contributed by atoms with Gasteiger partial charge in [0.1, 0.15) is 5.75 Å². The molecule has 4 nitrogen and oxygen atoms in total. The molecular weight excluding hydrogens is 276 g/mol. The van der Waals surface area contributed by atoms with Crippen LogP contribution in [-0.4, -0.2) is 19.1 Å². The van der Waals surface area contributed by atoms with E-state index in [4.69, 9.17) is 10.5 Å². The van der Waals surface area contributed by atoms with Gasteiger partial charge in [-0.05, 0) is 36.8 Å². The molecule has 2 rings (SSSR count). The Hall–Kier alpha value is -1.71. The summed E-state index contributed by atoms with van der Waals surface area (Å²) in [6.45, 7) is 10.7. The Bertz CT molecular complexity index is 512. The Morgan fingerprint density at radius 2 is 1.82 bits per heavy atom. The monoisotopic (exact) mass is 304 g/mol. The van der Waals surface area contributed by atoms with Crippen molar-refractivity contribution in [3.8, 4) is 5.75 Å². The Balaban J connectivity index is 2.12. The number of nitrogens with zero attached hydrogens (tertiary/aromatic N) is 1. The van der Waals surface area contributed by atoms with Gasteiger partial charge in [0.25, 0.3) is 0 Å². The molecule has 0 bridgehead atoms. The number of carbonyl (C=O) groups is 1. The van der Waals surface area contributed by atoms with Gasteiger partial charge in [-0.1, -0.05) is 27.7 Å². The number of hydrogen-bond donors (Lipinski definition) is 1. The first-order valence-electron chi connectivity index (χ1n) is 8.23. The van der Waals surface area contributed by atoms with Crippen molar-refractivity contribution >= 4 is 17.3 Å². The fraction of sp³-hybridized carbons (Fsp3) is 0.611. The molecular formula is C18H28N2O2. The van der Waals surface area contributed by atoms with Crippen LogP contribution in [0.2, 0.25) is 0 Å². The second kappa shape index (κ2) is 7.03. The van der Waals surface area contributed by atoms with Gasteiger partial charge in [-0.15, -0.1) is 0 Å². The summed E-state index contributed by atoms with van der Waals surface area (Å²) in [6.07, 6.45) is 1.89. The number of rotatable bonds is 7. The van der Waals surface area contributed by atoms with Crippen molar-refractivity contribution in [1.29, 1.82) is 0 Å². The average molecular weight is 304 g/mol. The van der Waals surface area contributed by atoms with Gasteiger partial charge < -0.3 is 15.4 Å². The van der Waals surface area contributed by atoms with Gasteiger partial charge in [-0.3, -0.25) is 4.79 Å². The van der Waals surface area contributed by atoms with Gasteiger partial charge in [-0.2, -0.15) is 0 Å². The van der Waals surface area contributed by atoms with Gasteiger partial charge in [0.2, 0.25) is 0 Å². The van der Waals surface area contributed by atoms with E-state index in [0.29, 0.717) is 23.3 Å². The smallest absolute Gasteiger partial charge is 0.314 e. The highest BCUT2D eigenvalue weighted by atomic mass is 16.5. The van der Waals surface area contributed by atoms with Crippen LogP contribution in [0, 0.1) is 17.8 Å². The zero-order chi connectivity index (χ0) is 16.3. The summed E-state index contributed by atoms with van der Waals surface area (Å²) < 4.78 is 5.38. The maximum atomic E-state index is 11.7. The lowest BCUT2D eigenvalue weighted by atomic mass is 10.1. The van der Waals surface area contributed by atoms with Gasteiger partial charge in [0, 0.05) is 19.2 Å². The van der Waals surface area contributed by atoms with Crippen LogP contribution in [0.25, 0.3) is 0 Å². The van der Waals surface area contributed by atoms with Crippen molar-refractivity contribution in [2.75, 3.05) is 23.7 Å². The van der Waals surface area contributed by atoms with Crippen molar-refractivity contribution in [3.05, 3.63) is 18.2 Å². The molecule has 122 valence electrons. The minimum Gasteiger partial charge on any atom is -0.426 e. The first-order valence-corrected chi connectivity index (χ1v) is 8.23. The second-order valence-corrected chi connectivity index (χ2v) is 7.11. The third-order valence-electron chi connectivity index (χ3n) is 3.64. The van der Waals surface area contributed by atoms with Crippen LogP contribution in [0.4, 0.5) is 11.4 Å². The maximum absolute atomic E-state index is 11.7. The largest absolute Gasteiger partial charge is 0.426 e. The molecule has 0 radical (unpaired) electrons. The summed E-state index contributed by atoms with van der Waals surface area (Å²) >= 11 is 0. The zero-order valence-corrected chi connectivity index (χ0v) is 14.1. The quantitative estimate of drug-likeness (QED) is 0.474. The molecule has 1 aliphatic rings. The standard InChI is InChI=1S/C18H28N2O2/c1-12(2)10-20(11-13(3)4)17-8-7-15(9-16(17)19)22-18(21)14-5-6-14/h7-9,12-14H,5-6,10-11,19H2,1-4H3. The van der Waals surface area contributed by atoms with Crippen molar-refractivity contribution < 1.29 is 9.53 Å². The van der Waals surface area contributed by atoms with Crippen LogP contribution in [-0.2, 0) is 4.79 Å². The van der Waals surface area contributed by atoms with Crippen molar-refractivity contribution in [3.63, 3.8) is 0 Å². The van der Waals surface area contributed by atoms with Gasteiger partial charge in [0.05, 0.1) is 17.3 Å². The van der Waals surface area contributed by atoms with E-state index in [9.17, 15) is 4.79 Å². The Kier molecular flexibility index (Phi) is 5.33. The fourth-order valence-corrected chi connectivity index (χ4v) is 2.56. The van der Waals surface area contributed by atoms with E-state index in [0.717, 1.165) is 31.6 Å². The third-order valence-corrected chi connectivity index (χ3v) is 3.64. The third kappa shape index (κ3) is 4.65.